The van der Waals surface area contributed by atoms with Crippen molar-refractivity contribution < 1.29 is 4.92 Å². The van der Waals surface area contributed by atoms with Crippen LogP contribution in [-0.2, 0) is 0 Å². The van der Waals surface area contributed by atoms with Gasteiger partial charge in [0.05, 0.1) is 4.92 Å². The van der Waals surface area contributed by atoms with E-state index >= 15 is 0 Å². The van der Waals surface area contributed by atoms with Gasteiger partial charge in [0.15, 0.2) is 0 Å². The molecule has 0 bridgehead atoms. The summed E-state index contributed by atoms with van der Waals surface area (Å²) in [6, 6.07) is 11.4. The number of aryl methyl sites for hydroxylation is 3. The largest absolute Gasteiger partial charge is 0.378 e. The average molecular weight is 284 g/mol. The predicted octanol–water partition coefficient (Wildman–Crippen LogP) is 4.69. The first-order valence-corrected chi connectivity index (χ1v) is 6.96. The van der Waals surface area contributed by atoms with Crippen LogP contribution in [0, 0.1) is 30.9 Å². The monoisotopic (exact) mass is 284 g/mol. The zero-order valence-corrected chi connectivity index (χ0v) is 12.8. The van der Waals surface area contributed by atoms with Gasteiger partial charge in [0.25, 0.3) is 5.69 Å². The number of anilines is 1. The Balaban J connectivity index is 2.28. The van der Waals surface area contributed by atoms with Crippen LogP contribution in [0.4, 0.5) is 11.4 Å². The minimum Gasteiger partial charge on any atom is -0.378 e. The third-order valence-corrected chi connectivity index (χ3v) is 3.55. The second kappa shape index (κ2) is 5.95. The van der Waals surface area contributed by atoms with Crippen LogP contribution in [-0.4, -0.2) is 4.92 Å². The number of nitrogens with zero attached hydrogens (tertiary/aromatic N) is 1. The smallest absolute Gasteiger partial charge is 0.271 e. The Kier molecular flexibility index (Phi) is 4.26. The maximum Gasteiger partial charge on any atom is 0.271 e. The van der Waals surface area contributed by atoms with E-state index in [1.54, 1.807) is 12.1 Å². The molecule has 0 spiro atoms. The van der Waals surface area contributed by atoms with Crippen molar-refractivity contribution in [2.75, 3.05) is 5.32 Å². The SMILES string of the molecule is Cc1cc(C)cc(C(C)Nc2cc([N+](=O)[O-])ccc2C)c1. The normalized spacial score (nSPS) is 12.0. The van der Waals surface area contributed by atoms with Gasteiger partial charge >= 0.3 is 0 Å². The highest BCUT2D eigenvalue weighted by Crippen LogP contribution is 2.27. The summed E-state index contributed by atoms with van der Waals surface area (Å²) < 4.78 is 0. The molecule has 0 aliphatic rings. The molecule has 21 heavy (non-hydrogen) atoms. The van der Waals surface area contributed by atoms with Gasteiger partial charge in [-0.3, -0.25) is 10.1 Å². The maximum atomic E-state index is 10.9. The third kappa shape index (κ3) is 3.60. The Morgan fingerprint density at radius 3 is 2.24 bits per heavy atom. The first kappa shape index (κ1) is 15.0. The van der Waals surface area contributed by atoms with Crippen molar-refractivity contribution in [3.05, 3.63) is 68.8 Å². The Bertz CT molecular complexity index is 660. The van der Waals surface area contributed by atoms with Crippen LogP contribution < -0.4 is 5.32 Å². The Morgan fingerprint density at radius 1 is 1.05 bits per heavy atom. The van der Waals surface area contributed by atoms with Gasteiger partial charge in [0.2, 0.25) is 0 Å². The van der Waals surface area contributed by atoms with Gasteiger partial charge in [-0.25, -0.2) is 0 Å². The molecule has 1 N–H and O–H groups in total. The van der Waals surface area contributed by atoms with E-state index in [2.05, 4.69) is 44.3 Å². The number of nitro benzene ring substituents is 1. The van der Waals surface area contributed by atoms with Gasteiger partial charge in [-0.2, -0.15) is 0 Å². The topological polar surface area (TPSA) is 55.2 Å². The first-order chi connectivity index (χ1) is 9.86. The summed E-state index contributed by atoms with van der Waals surface area (Å²) in [5.41, 5.74) is 5.52. The zero-order valence-electron chi connectivity index (χ0n) is 12.8. The van der Waals surface area contributed by atoms with Crippen molar-refractivity contribution in [1.29, 1.82) is 0 Å². The molecule has 2 rings (SSSR count). The van der Waals surface area contributed by atoms with Crippen LogP contribution in [0.5, 0.6) is 0 Å². The molecule has 0 heterocycles. The molecule has 0 saturated heterocycles. The quantitative estimate of drug-likeness (QED) is 0.654. The maximum absolute atomic E-state index is 10.9. The van der Waals surface area contributed by atoms with Gasteiger partial charge in [-0.15, -0.1) is 0 Å². The van der Waals surface area contributed by atoms with Gasteiger partial charge in [-0.05, 0) is 38.8 Å². The fourth-order valence-corrected chi connectivity index (χ4v) is 2.46. The minimum absolute atomic E-state index is 0.0873. The number of hydrogen-bond donors (Lipinski definition) is 1. The van der Waals surface area contributed by atoms with Crippen molar-refractivity contribution in [3.63, 3.8) is 0 Å². The standard InChI is InChI=1S/C17H20N2O2/c1-11-7-12(2)9-15(8-11)14(4)18-17-10-16(19(20)21)6-5-13(17)3/h5-10,14,18H,1-4H3. The van der Waals surface area contributed by atoms with E-state index in [0.29, 0.717) is 0 Å². The summed E-state index contributed by atoms with van der Waals surface area (Å²) in [7, 11) is 0. The molecule has 1 atom stereocenters. The lowest BCUT2D eigenvalue weighted by Gasteiger charge is -2.18. The van der Waals surface area contributed by atoms with Crippen LogP contribution in [0.1, 0.15) is 35.2 Å². The molecule has 0 saturated carbocycles. The molecule has 0 aliphatic heterocycles. The number of benzene rings is 2. The number of nitrogens with one attached hydrogen (secondary N) is 1. The highest BCUT2D eigenvalue weighted by molar-refractivity contribution is 5.58. The molecule has 0 amide bonds. The predicted molar refractivity (Wildman–Crippen MR) is 85.8 cm³/mol. The summed E-state index contributed by atoms with van der Waals surface area (Å²) in [6.45, 7) is 8.15. The van der Waals surface area contributed by atoms with Crippen LogP contribution in [0.3, 0.4) is 0 Å². The number of non-ortho nitro benzene ring substituents is 1. The molecule has 0 fully saturated rings. The highest BCUT2D eigenvalue weighted by Gasteiger charge is 2.12. The van der Waals surface area contributed by atoms with Gasteiger partial charge < -0.3 is 5.32 Å². The summed E-state index contributed by atoms with van der Waals surface area (Å²) in [4.78, 5) is 10.5. The van der Waals surface area contributed by atoms with Crippen molar-refractivity contribution in [2.24, 2.45) is 0 Å². The van der Waals surface area contributed by atoms with E-state index in [-0.39, 0.29) is 16.7 Å². The molecule has 0 radical (unpaired) electrons. The molecular weight excluding hydrogens is 264 g/mol. The lowest BCUT2D eigenvalue weighted by molar-refractivity contribution is -0.384. The molecule has 1 unspecified atom stereocenters. The minimum atomic E-state index is -0.369. The Hall–Kier alpha value is -2.36. The van der Waals surface area contributed by atoms with Crippen LogP contribution in [0.15, 0.2) is 36.4 Å². The second-order valence-electron chi connectivity index (χ2n) is 5.54. The lowest BCUT2D eigenvalue weighted by atomic mass is 10.0. The van der Waals surface area contributed by atoms with E-state index in [1.165, 1.54) is 22.8 Å². The van der Waals surface area contributed by atoms with E-state index in [1.807, 2.05) is 6.92 Å². The number of rotatable bonds is 4. The molecular formula is C17H20N2O2. The van der Waals surface area contributed by atoms with Gasteiger partial charge in [-0.1, -0.05) is 35.4 Å². The molecule has 0 aromatic heterocycles. The van der Waals surface area contributed by atoms with Crippen molar-refractivity contribution >= 4 is 11.4 Å². The number of hydrogen-bond acceptors (Lipinski definition) is 3. The molecule has 110 valence electrons. The van der Waals surface area contributed by atoms with Gasteiger partial charge in [0.1, 0.15) is 0 Å². The first-order valence-electron chi connectivity index (χ1n) is 6.96. The van der Waals surface area contributed by atoms with Crippen molar-refractivity contribution in [1.82, 2.24) is 0 Å². The second-order valence-corrected chi connectivity index (χ2v) is 5.54. The highest BCUT2D eigenvalue weighted by atomic mass is 16.6. The molecule has 2 aromatic carbocycles. The Morgan fingerprint density at radius 2 is 1.67 bits per heavy atom. The average Bonchev–Trinajstić information content (AvgIpc) is 2.39. The van der Waals surface area contributed by atoms with Gasteiger partial charge in [0, 0.05) is 23.9 Å². The van der Waals surface area contributed by atoms with Crippen LogP contribution in [0.25, 0.3) is 0 Å². The van der Waals surface area contributed by atoms with E-state index in [0.717, 1.165) is 11.3 Å². The van der Waals surface area contributed by atoms with E-state index in [4.69, 9.17) is 0 Å². The molecule has 0 aliphatic carbocycles. The molecule has 4 heteroatoms. The van der Waals surface area contributed by atoms with Crippen molar-refractivity contribution in [3.8, 4) is 0 Å². The van der Waals surface area contributed by atoms with Crippen LogP contribution >= 0.6 is 0 Å². The third-order valence-electron chi connectivity index (χ3n) is 3.55. The summed E-state index contributed by atoms with van der Waals surface area (Å²) in [5.74, 6) is 0. The fourth-order valence-electron chi connectivity index (χ4n) is 2.46. The lowest BCUT2D eigenvalue weighted by Crippen LogP contribution is -2.08. The van der Waals surface area contributed by atoms with Crippen LogP contribution in [0.2, 0.25) is 0 Å². The number of nitro groups is 1. The summed E-state index contributed by atoms with van der Waals surface area (Å²) in [6.07, 6.45) is 0. The molecule has 4 nitrogen and oxygen atoms in total. The van der Waals surface area contributed by atoms with Crippen molar-refractivity contribution in [2.45, 2.75) is 33.7 Å². The summed E-state index contributed by atoms with van der Waals surface area (Å²) >= 11 is 0. The summed E-state index contributed by atoms with van der Waals surface area (Å²) in [5, 5.41) is 14.3. The van der Waals surface area contributed by atoms with E-state index in [9.17, 15) is 10.1 Å². The molecule has 2 aromatic rings. The fraction of sp³-hybridized carbons (Fsp3) is 0.294. The van der Waals surface area contributed by atoms with E-state index < -0.39 is 0 Å². The Labute approximate surface area is 125 Å². The zero-order chi connectivity index (χ0) is 15.6.